The van der Waals surface area contributed by atoms with E-state index in [1.807, 2.05) is 30.5 Å². The quantitative estimate of drug-likeness (QED) is 0.433. The SMILES string of the molecule is COP(=O)(SC)SCSC(C)(C)c1ccc(Cl)cc1. The largest absolute Gasteiger partial charge is 0.317 e. The summed E-state index contributed by atoms with van der Waals surface area (Å²) in [7, 11) is 1.50. The molecule has 0 saturated heterocycles. The van der Waals surface area contributed by atoms with E-state index in [9.17, 15) is 4.57 Å². The molecule has 0 bridgehead atoms. The topological polar surface area (TPSA) is 26.3 Å². The molecule has 7 heteroatoms. The number of thioether (sulfide) groups is 1. The summed E-state index contributed by atoms with van der Waals surface area (Å²) < 4.78 is 17.1. The van der Waals surface area contributed by atoms with Gasteiger partial charge in [-0.3, -0.25) is 4.57 Å². The monoisotopic (exact) mass is 356 g/mol. The van der Waals surface area contributed by atoms with Crippen molar-refractivity contribution in [3.05, 3.63) is 34.9 Å². The van der Waals surface area contributed by atoms with Gasteiger partial charge in [-0.15, -0.1) is 11.8 Å². The van der Waals surface area contributed by atoms with Gasteiger partial charge in [0.2, 0.25) is 0 Å². The number of rotatable bonds is 7. The van der Waals surface area contributed by atoms with E-state index in [4.69, 9.17) is 16.1 Å². The van der Waals surface area contributed by atoms with Gasteiger partial charge in [-0.25, -0.2) is 0 Å². The molecule has 0 N–H and O–H groups in total. The van der Waals surface area contributed by atoms with Crippen LogP contribution in [0.4, 0.5) is 0 Å². The molecule has 1 aromatic rings. The average Bonchev–Trinajstić information content (AvgIpc) is 2.39. The molecule has 19 heavy (non-hydrogen) atoms. The first-order valence-electron chi connectivity index (χ1n) is 5.59. The Morgan fingerprint density at radius 2 is 1.89 bits per heavy atom. The Morgan fingerprint density at radius 3 is 2.37 bits per heavy atom. The fourth-order valence-corrected chi connectivity index (χ4v) is 8.87. The molecule has 0 spiro atoms. The van der Waals surface area contributed by atoms with Crippen LogP contribution in [-0.4, -0.2) is 18.5 Å². The Labute approximate surface area is 132 Å². The van der Waals surface area contributed by atoms with E-state index in [0.717, 1.165) is 10.1 Å². The molecular weight excluding hydrogens is 339 g/mol. The highest BCUT2D eigenvalue weighted by molar-refractivity contribution is 8.89. The lowest BCUT2D eigenvalue weighted by Crippen LogP contribution is -2.11. The highest BCUT2D eigenvalue weighted by Crippen LogP contribution is 2.69. The Bertz CT molecular complexity index is 443. The van der Waals surface area contributed by atoms with E-state index >= 15 is 0 Å². The molecular formula is C12H18ClO2PS3. The summed E-state index contributed by atoms with van der Waals surface area (Å²) >= 11 is 10.3. The lowest BCUT2D eigenvalue weighted by molar-refractivity contribution is 0.424. The third kappa shape index (κ3) is 5.56. The molecule has 0 amide bonds. The van der Waals surface area contributed by atoms with Crippen molar-refractivity contribution < 1.29 is 9.09 Å². The molecule has 108 valence electrons. The summed E-state index contributed by atoms with van der Waals surface area (Å²) in [5.41, 5.74) is 1.21. The molecule has 0 aromatic heterocycles. The minimum Gasteiger partial charge on any atom is -0.317 e. The van der Waals surface area contributed by atoms with E-state index < -0.39 is 5.77 Å². The summed E-state index contributed by atoms with van der Waals surface area (Å²) in [4.78, 5) is 0. The van der Waals surface area contributed by atoms with Gasteiger partial charge in [0.15, 0.2) is 0 Å². The summed E-state index contributed by atoms with van der Waals surface area (Å²) in [6.45, 7) is 4.30. The van der Waals surface area contributed by atoms with Gasteiger partial charge in [0, 0.05) is 16.9 Å². The molecule has 0 fully saturated rings. The third-order valence-corrected chi connectivity index (χ3v) is 12.4. The Hall–Kier alpha value is 0.750. The third-order valence-electron chi connectivity index (χ3n) is 2.62. The van der Waals surface area contributed by atoms with E-state index in [0.29, 0.717) is 0 Å². The lowest BCUT2D eigenvalue weighted by Gasteiger charge is -2.25. The van der Waals surface area contributed by atoms with Crippen LogP contribution in [0.25, 0.3) is 0 Å². The molecule has 0 aliphatic carbocycles. The predicted molar refractivity (Wildman–Crippen MR) is 92.7 cm³/mol. The normalized spacial score (nSPS) is 15.2. The van der Waals surface area contributed by atoms with Gasteiger partial charge in [-0.2, -0.15) is 0 Å². The second-order valence-corrected chi connectivity index (χ2v) is 14.2. The Morgan fingerprint density at radius 1 is 1.32 bits per heavy atom. The van der Waals surface area contributed by atoms with Gasteiger partial charge in [0.05, 0.1) is 5.08 Å². The van der Waals surface area contributed by atoms with Gasteiger partial charge in [0.25, 0.3) is 0 Å². The van der Waals surface area contributed by atoms with Gasteiger partial charge >= 0.3 is 5.77 Å². The minimum absolute atomic E-state index is 0.0471. The van der Waals surface area contributed by atoms with Gasteiger partial charge in [0.1, 0.15) is 0 Å². The first-order chi connectivity index (χ1) is 8.83. The van der Waals surface area contributed by atoms with Crippen LogP contribution in [0.3, 0.4) is 0 Å². The van der Waals surface area contributed by atoms with E-state index in [1.165, 1.54) is 35.4 Å². The van der Waals surface area contributed by atoms with Crippen LogP contribution in [0.2, 0.25) is 5.02 Å². The zero-order valence-corrected chi connectivity index (χ0v) is 15.5. The lowest BCUT2D eigenvalue weighted by atomic mass is 10.0. The average molecular weight is 357 g/mol. The molecule has 0 saturated carbocycles. The van der Waals surface area contributed by atoms with Crippen molar-refractivity contribution in [2.24, 2.45) is 0 Å². The maximum atomic E-state index is 12.1. The molecule has 2 nitrogen and oxygen atoms in total. The van der Waals surface area contributed by atoms with Crippen LogP contribution in [0.15, 0.2) is 24.3 Å². The van der Waals surface area contributed by atoms with Crippen molar-refractivity contribution >= 4 is 51.9 Å². The minimum atomic E-state index is -2.58. The standard InChI is InChI=1S/C12H18ClO2PS3/c1-12(2,10-5-7-11(13)8-6-10)18-9-19-16(14,15-3)17-4/h5-8H,9H2,1-4H3. The van der Waals surface area contributed by atoms with Crippen molar-refractivity contribution in [1.82, 2.24) is 0 Å². The maximum absolute atomic E-state index is 12.1. The highest BCUT2D eigenvalue weighted by Gasteiger charge is 2.25. The summed E-state index contributed by atoms with van der Waals surface area (Å²) in [5.74, 6) is -2.58. The zero-order chi connectivity index (χ0) is 14.5. The first kappa shape index (κ1) is 17.8. The van der Waals surface area contributed by atoms with Crippen molar-refractivity contribution in [3.63, 3.8) is 0 Å². The molecule has 1 rings (SSSR count). The van der Waals surface area contributed by atoms with Crippen LogP contribution in [0.5, 0.6) is 0 Å². The zero-order valence-electron chi connectivity index (χ0n) is 11.4. The van der Waals surface area contributed by atoms with Crippen LogP contribution in [0.1, 0.15) is 19.4 Å². The number of hydrogen-bond donors (Lipinski definition) is 0. The van der Waals surface area contributed by atoms with Crippen molar-refractivity contribution in [2.75, 3.05) is 18.5 Å². The molecule has 0 heterocycles. The summed E-state index contributed by atoms with van der Waals surface area (Å²) in [6.07, 6.45) is 1.81. The second kappa shape index (κ2) is 7.67. The predicted octanol–water partition coefficient (Wildman–Crippen LogP) is 6.12. The fourth-order valence-electron chi connectivity index (χ4n) is 1.35. The molecule has 0 radical (unpaired) electrons. The van der Waals surface area contributed by atoms with Crippen LogP contribution in [0, 0.1) is 0 Å². The summed E-state index contributed by atoms with van der Waals surface area (Å²) in [6, 6.07) is 7.86. The van der Waals surface area contributed by atoms with E-state index in [1.54, 1.807) is 11.8 Å². The Kier molecular flexibility index (Phi) is 7.19. The molecule has 0 aliphatic rings. The van der Waals surface area contributed by atoms with Gasteiger partial charge in [-0.1, -0.05) is 35.1 Å². The fraction of sp³-hybridized carbons (Fsp3) is 0.500. The number of halogens is 1. The van der Waals surface area contributed by atoms with Crippen LogP contribution in [-0.2, 0) is 13.8 Å². The van der Waals surface area contributed by atoms with Crippen LogP contribution >= 0.6 is 51.9 Å². The molecule has 0 aliphatic heterocycles. The van der Waals surface area contributed by atoms with Crippen molar-refractivity contribution in [2.45, 2.75) is 18.6 Å². The van der Waals surface area contributed by atoms with E-state index in [2.05, 4.69) is 13.8 Å². The first-order valence-corrected chi connectivity index (χ1v) is 12.0. The maximum Gasteiger partial charge on any atom is 0.313 e. The summed E-state index contributed by atoms with van der Waals surface area (Å²) in [5, 5.41) is 1.46. The Balaban J connectivity index is 2.61. The van der Waals surface area contributed by atoms with Gasteiger partial charge < -0.3 is 4.52 Å². The van der Waals surface area contributed by atoms with Crippen LogP contribution < -0.4 is 0 Å². The van der Waals surface area contributed by atoms with Crippen molar-refractivity contribution in [1.29, 1.82) is 0 Å². The molecule has 1 aromatic carbocycles. The van der Waals surface area contributed by atoms with E-state index in [-0.39, 0.29) is 4.75 Å². The highest BCUT2D eigenvalue weighted by atomic mass is 35.5. The number of hydrogen-bond acceptors (Lipinski definition) is 5. The molecule has 1 unspecified atom stereocenters. The molecule has 1 atom stereocenters. The number of benzene rings is 1. The smallest absolute Gasteiger partial charge is 0.313 e. The second-order valence-electron chi connectivity index (χ2n) is 4.22. The van der Waals surface area contributed by atoms with Crippen molar-refractivity contribution in [3.8, 4) is 0 Å². The van der Waals surface area contributed by atoms with Gasteiger partial charge in [-0.05, 0) is 49.2 Å².